The van der Waals surface area contributed by atoms with E-state index in [1.54, 1.807) is 30.3 Å². The number of hydrogen-bond acceptors (Lipinski definition) is 4. The molecule has 1 N–H and O–H groups in total. The summed E-state index contributed by atoms with van der Waals surface area (Å²) in [5.41, 5.74) is 1.58. The standard InChI is InChI=1S/C13H10N2O3S/c14-9-12-5-2-1-4-10(12)8-11-6-3-7-15(16)13(11)19(17)18/h1-7,15H,8H2. The van der Waals surface area contributed by atoms with Gasteiger partial charge in [0.05, 0.1) is 11.6 Å². The molecule has 1 aliphatic heterocycles. The smallest absolute Gasteiger partial charge is 0.277 e. The zero-order valence-corrected chi connectivity index (χ0v) is 10.6. The van der Waals surface area contributed by atoms with E-state index in [4.69, 9.17) is 5.26 Å². The van der Waals surface area contributed by atoms with E-state index in [9.17, 15) is 13.6 Å². The summed E-state index contributed by atoms with van der Waals surface area (Å²) in [5.74, 6) is 0. The SMILES string of the molecule is N#Cc1ccccc1CC1=CC=C[NH+]([O-])C1=S(=O)=O. The fourth-order valence-corrected chi connectivity index (χ4v) is 2.46. The maximum Gasteiger partial charge on any atom is 0.277 e. The third kappa shape index (κ3) is 2.80. The number of nitrogens with zero attached hydrogens (tertiary/aromatic N) is 1. The molecule has 0 amide bonds. The molecule has 96 valence electrons. The number of quaternary nitrogens is 1. The third-order valence-corrected chi connectivity index (χ3v) is 3.54. The van der Waals surface area contributed by atoms with E-state index in [2.05, 4.69) is 0 Å². The minimum atomic E-state index is -2.58. The Morgan fingerprint density at radius 1 is 1.32 bits per heavy atom. The van der Waals surface area contributed by atoms with Gasteiger partial charge < -0.3 is 10.3 Å². The van der Waals surface area contributed by atoms with Crippen LogP contribution in [-0.2, 0) is 16.7 Å². The quantitative estimate of drug-likeness (QED) is 0.605. The highest BCUT2D eigenvalue weighted by atomic mass is 32.2. The van der Waals surface area contributed by atoms with Gasteiger partial charge in [0, 0.05) is 12.0 Å². The Bertz CT molecular complexity index is 731. The summed E-state index contributed by atoms with van der Waals surface area (Å²) in [6, 6.07) is 8.95. The first kappa shape index (κ1) is 13.2. The van der Waals surface area contributed by atoms with Crippen molar-refractivity contribution in [1.29, 1.82) is 5.26 Å². The molecule has 6 heteroatoms. The molecule has 19 heavy (non-hydrogen) atoms. The lowest BCUT2D eigenvalue weighted by Gasteiger charge is -2.21. The second-order valence-corrected chi connectivity index (χ2v) is 4.80. The van der Waals surface area contributed by atoms with Gasteiger partial charge in [-0.15, -0.1) is 0 Å². The van der Waals surface area contributed by atoms with Crippen molar-refractivity contribution < 1.29 is 13.5 Å². The molecule has 1 atom stereocenters. The first-order valence-corrected chi connectivity index (χ1v) is 6.57. The maximum absolute atomic E-state index is 11.6. The lowest BCUT2D eigenvalue weighted by molar-refractivity contribution is -0.680. The molecule has 1 heterocycles. The van der Waals surface area contributed by atoms with Crippen molar-refractivity contribution in [2.24, 2.45) is 0 Å². The van der Waals surface area contributed by atoms with Crippen molar-refractivity contribution in [3.05, 3.63) is 64.5 Å². The van der Waals surface area contributed by atoms with Crippen molar-refractivity contribution in [3.8, 4) is 6.07 Å². The van der Waals surface area contributed by atoms with Crippen molar-refractivity contribution >= 4 is 15.3 Å². The molecule has 0 fully saturated rings. The van der Waals surface area contributed by atoms with Crippen molar-refractivity contribution in [2.45, 2.75) is 6.42 Å². The van der Waals surface area contributed by atoms with E-state index >= 15 is 0 Å². The van der Waals surface area contributed by atoms with Crippen LogP contribution in [0.5, 0.6) is 0 Å². The van der Waals surface area contributed by atoms with Gasteiger partial charge in [-0.05, 0) is 23.8 Å². The van der Waals surface area contributed by atoms with Crippen LogP contribution < -0.4 is 5.06 Å². The van der Waals surface area contributed by atoms with Gasteiger partial charge in [0.15, 0.2) is 0 Å². The third-order valence-electron chi connectivity index (χ3n) is 2.75. The number of benzene rings is 1. The Hall–Kier alpha value is -2.20. The largest absolute Gasteiger partial charge is 0.623 e. The van der Waals surface area contributed by atoms with Gasteiger partial charge in [-0.25, -0.2) is 0 Å². The highest BCUT2D eigenvalue weighted by Crippen LogP contribution is 2.14. The molecule has 0 spiro atoms. The maximum atomic E-state index is 11.6. The number of rotatable bonds is 2. The van der Waals surface area contributed by atoms with Crippen LogP contribution in [0.2, 0.25) is 0 Å². The van der Waals surface area contributed by atoms with E-state index in [1.807, 2.05) is 6.07 Å². The van der Waals surface area contributed by atoms with Crippen LogP contribution in [-0.4, -0.2) is 13.4 Å². The lowest BCUT2D eigenvalue weighted by atomic mass is 9.99. The van der Waals surface area contributed by atoms with Gasteiger partial charge in [-0.3, -0.25) is 0 Å². The second kappa shape index (κ2) is 5.63. The number of nitriles is 1. The van der Waals surface area contributed by atoms with Crippen molar-refractivity contribution in [2.75, 3.05) is 0 Å². The Morgan fingerprint density at radius 3 is 2.74 bits per heavy atom. The normalized spacial score (nSPS) is 17.8. The summed E-state index contributed by atoms with van der Waals surface area (Å²) >= 11 is 0. The number of allylic oxidation sites excluding steroid dienone is 2. The number of hydrogen-bond donors (Lipinski definition) is 1. The summed E-state index contributed by atoms with van der Waals surface area (Å²) in [4.78, 5) is -0.227. The lowest BCUT2D eigenvalue weighted by Crippen LogP contribution is -3.06. The molecule has 0 aliphatic carbocycles. The molecular formula is C13H10N2O3S. The van der Waals surface area contributed by atoms with Crippen LogP contribution in [0.1, 0.15) is 11.1 Å². The molecule has 1 unspecified atom stereocenters. The molecular weight excluding hydrogens is 264 g/mol. The highest BCUT2D eigenvalue weighted by molar-refractivity contribution is 7.72. The van der Waals surface area contributed by atoms with Gasteiger partial charge in [-0.2, -0.15) is 13.7 Å². The first-order chi connectivity index (χ1) is 9.13. The molecule has 1 aromatic rings. The van der Waals surface area contributed by atoms with E-state index in [1.165, 1.54) is 12.3 Å². The Kier molecular flexibility index (Phi) is 3.92. The van der Waals surface area contributed by atoms with Gasteiger partial charge in [0.2, 0.25) is 0 Å². The van der Waals surface area contributed by atoms with Crippen LogP contribution in [0.25, 0.3) is 0 Å². The van der Waals surface area contributed by atoms with Crippen LogP contribution in [0.15, 0.2) is 48.2 Å². The monoisotopic (exact) mass is 274 g/mol. The first-order valence-electron chi connectivity index (χ1n) is 5.49. The molecule has 1 aromatic carbocycles. The minimum absolute atomic E-state index is 0.227. The molecule has 0 saturated carbocycles. The average Bonchev–Trinajstić information content (AvgIpc) is 2.39. The number of nitrogens with one attached hydrogen (secondary N) is 1. The summed E-state index contributed by atoms with van der Waals surface area (Å²) in [6.45, 7) is 0. The Morgan fingerprint density at radius 2 is 2.05 bits per heavy atom. The molecule has 5 nitrogen and oxygen atoms in total. The van der Waals surface area contributed by atoms with Crippen LogP contribution in [0.3, 0.4) is 0 Å². The molecule has 0 aromatic heterocycles. The molecule has 0 bridgehead atoms. The molecule has 2 rings (SSSR count). The van der Waals surface area contributed by atoms with Crippen molar-refractivity contribution in [3.63, 3.8) is 0 Å². The molecule has 0 saturated heterocycles. The van der Waals surface area contributed by atoms with Gasteiger partial charge in [0.1, 0.15) is 6.20 Å². The minimum Gasteiger partial charge on any atom is -0.623 e. The molecule has 0 radical (unpaired) electrons. The van der Waals surface area contributed by atoms with E-state index in [-0.39, 0.29) is 11.4 Å². The van der Waals surface area contributed by atoms with Crippen LogP contribution in [0, 0.1) is 16.5 Å². The van der Waals surface area contributed by atoms with E-state index < -0.39 is 15.4 Å². The van der Waals surface area contributed by atoms with Gasteiger partial charge >= 0.3 is 0 Å². The zero-order valence-electron chi connectivity index (χ0n) is 9.83. The van der Waals surface area contributed by atoms with Crippen LogP contribution >= 0.6 is 0 Å². The zero-order chi connectivity index (χ0) is 13.8. The van der Waals surface area contributed by atoms with Crippen LogP contribution in [0.4, 0.5) is 0 Å². The summed E-state index contributed by atoms with van der Waals surface area (Å²) in [7, 11) is -2.58. The Balaban J connectivity index is 2.44. The fourth-order valence-electron chi connectivity index (χ4n) is 1.88. The predicted octanol–water partition coefficient (Wildman–Crippen LogP) is -0.0538. The highest BCUT2D eigenvalue weighted by Gasteiger charge is 2.19. The summed E-state index contributed by atoms with van der Waals surface area (Å²) in [5, 5.41) is 20.0. The van der Waals surface area contributed by atoms with E-state index in [0.29, 0.717) is 16.7 Å². The van der Waals surface area contributed by atoms with E-state index in [0.717, 1.165) is 0 Å². The summed E-state index contributed by atoms with van der Waals surface area (Å²) < 4.78 is 22.2. The average molecular weight is 274 g/mol. The summed E-state index contributed by atoms with van der Waals surface area (Å²) in [6.07, 6.45) is 4.55. The second-order valence-electron chi connectivity index (χ2n) is 3.92. The number of hydroxylamine groups is 2. The fraction of sp³-hybridized carbons (Fsp3) is 0.0769. The predicted molar refractivity (Wildman–Crippen MR) is 70.3 cm³/mol. The topological polar surface area (TPSA) is 85.4 Å². The molecule has 1 aliphatic rings. The van der Waals surface area contributed by atoms with Gasteiger partial charge in [0.25, 0.3) is 15.3 Å². The Labute approximate surface area is 111 Å². The van der Waals surface area contributed by atoms with Gasteiger partial charge in [-0.1, -0.05) is 18.2 Å². The van der Waals surface area contributed by atoms with Crippen molar-refractivity contribution in [1.82, 2.24) is 0 Å².